The number of nitrogens with two attached hydrogens (primary N) is 1. The number of nitrogens with one attached hydrogen (secondary N) is 2. The number of aromatic amines is 1. The second kappa shape index (κ2) is 8.26. The summed E-state index contributed by atoms with van der Waals surface area (Å²) in [6.07, 6.45) is 4.85. The summed E-state index contributed by atoms with van der Waals surface area (Å²) in [6, 6.07) is 3.52. The topological polar surface area (TPSA) is 143 Å². The first-order chi connectivity index (χ1) is 16.2. The highest BCUT2D eigenvalue weighted by atomic mass is 32.1. The molecule has 0 radical (unpaired) electrons. The number of fused-ring (bicyclic) bond motifs is 1. The molecule has 0 aromatic carbocycles. The lowest BCUT2D eigenvalue weighted by molar-refractivity contribution is -0.120. The van der Waals surface area contributed by atoms with Crippen molar-refractivity contribution in [1.29, 1.82) is 0 Å². The molecule has 1 aliphatic rings. The average molecular weight is 477 g/mol. The lowest BCUT2D eigenvalue weighted by Gasteiger charge is -2.45. The number of rotatable bonds is 5. The number of carbonyl (C=O) groups excluding carboxylic acids is 1. The van der Waals surface area contributed by atoms with E-state index in [0.29, 0.717) is 28.3 Å². The van der Waals surface area contributed by atoms with Gasteiger partial charge in [0.2, 0.25) is 5.91 Å². The van der Waals surface area contributed by atoms with Gasteiger partial charge in [0.25, 0.3) is 5.56 Å². The van der Waals surface area contributed by atoms with Gasteiger partial charge in [0.05, 0.1) is 46.4 Å². The molecule has 1 aliphatic heterocycles. The highest BCUT2D eigenvalue weighted by Crippen LogP contribution is 2.35. The van der Waals surface area contributed by atoms with E-state index in [9.17, 15) is 9.59 Å². The van der Waals surface area contributed by atoms with Crippen molar-refractivity contribution in [3.05, 3.63) is 46.8 Å². The number of nitrogen functional groups attached to an aromatic ring is 1. The molecule has 10 nitrogen and oxygen atoms in total. The number of pyridine rings is 2. The van der Waals surface area contributed by atoms with Crippen molar-refractivity contribution in [2.75, 3.05) is 30.7 Å². The minimum atomic E-state index is -0.372. The van der Waals surface area contributed by atoms with Gasteiger partial charge in [0.15, 0.2) is 0 Å². The number of aryl methyl sites for hydroxylation is 1. The Labute approximate surface area is 199 Å². The van der Waals surface area contributed by atoms with Crippen LogP contribution in [-0.2, 0) is 4.79 Å². The maximum atomic E-state index is 12.9. The van der Waals surface area contributed by atoms with E-state index in [1.54, 1.807) is 18.5 Å². The molecule has 174 valence electrons. The molecule has 34 heavy (non-hydrogen) atoms. The van der Waals surface area contributed by atoms with Gasteiger partial charge < -0.3 is 16.0 Å². The van der Waals surface area contributed by atoms with E-state index < -0.39 is 0 Å². The standard InChI is InChI=1S/C23H24N8O2S/c1-12-14(4-5-27-30-12)16-8-26-22(34-16)18-19(24)20-15(29-21(18)33)6-13(7-25-20)28-17(32)9-31-10-23(2,3)11-31/h4-8H,9-11H2,1-3H3,(H,28,32)(H3,24,29,33). The van der Waals surface area contributed by atoms with Crippen LogP contribution in [0.5, 0.6) is 0 Å². The van der Waals surface area contributed by atoms with E-state index in [4.69, 9.17) is 5.73 Å². The molecule has 0 spiro atoms. The number of likely N-dealkylation sites (tertiary alicyclic amines) is 1. The molecule has 5 heterocycles. The quantitative estimate of drug-likeness (QED) is 0.399. The molecule has 0 atom stereocenters. The summed E-state index contributed by atoms with van der Waals surface area (Å²) in [6.45, 7) is 8.31. The zero-order chi connectivity index (χ0) is 24.0. The SMILES string of the molecule is Cc1nnccc1-c1cnc(-c2c(N)c3ncc(NC(=O)CN4CC(C)(C)C4)cc3[nH]c2=O)s1. The zero-order valence-corrected chi connectivity index (χ0v) is 19.9. The van der Waals surface area contributed by atoms with E-state index in [1.165, 1.54) is 17.5 Å². The molecule has 1 fully saturated rings. The van der Waals surface area contributed by atoms with Crippen LogP contribution in [0.1, 0.15) is 19.5 Å². The van der Waals surface area contributed by atoms with E-state index >= 15 is 0 Å². The Balaban J connectivity index is 1.41. The monoisotopic (exact) mass is 476 g/mol. The van der Waals surface area contributed by atoms with Gasteiger partial charge in [-0.15, -0.1) is 11.3 Å². The number of hydrogen-bond donors (Lipinski definition) is 3. The number of hydrogen-bond acceptors (Lipinski definition) is 9. The van der Waals surface area contributed by atoms with Crippen LogP contribution < -0.4 is 16.6 Å². The fourth-order valence-corrected chi connectivity index (χ4v) is 5.39. The van der Waals surface area contributed by atoms with E-state index in [-0.39, 0.29) is 28.1 Å². The van der Waals surface area contributed by atoms with Gasteiger partial charge in [-0.2, -0.15) is 10.2 Å². The van der Waals surface area contributed by atoms with Crippen LogP contribution >= 0.6 is 11.3 Å². The normalized spacial score (nSPS) is 15.3. The Morgan fingerprint density at radius 2 is 2.09 bits per heavy atom. The van der Waals surface area contributed by atoms with Crippen LogP contribution in [0.15, 0.2) is 35.5 Å². The molecule has 4 N–H and O–H groups in total. The van der Waals surface area contributed by atoms with Gasteiger partial charge in [-0.3, -0.25) is 19.5 Å². The van der Waals surface area contributed by atoms with Gasteiger partial charge in [0, 0.05) is 24.8 Å². The molecular weight excluding hydrogens is 452 g/mol. The van der Waals surface area contributed by atoms with Crippen molar-refractivity contribution in [3.8, 4) is 21.0 Å². The lowest BCUT2D eigenvalue weighted by Crippen LogP contribution is -2.54. The van der Waals surface area contributed by atoms with Crippen LogP contribution in [0.4, 0.5) is 11.4 Å². The third kappa shape index (κ3) is 4.15. The summed E-state index contributed by atoms with van der Waals surface area (Å²) in [5.74, 6) is -0.125. The van der Waals surface area contributed by atoms with Gasteiger partial charge >= 0.3 is 0 Å². The summed E-state index contributed by atoms with van der Waals surface area (Å²) in [5.41, 5.74) is 9.81. The van der Waals surface area contributed by atoms with Crippen LogP contribution in [-0.4, -0.2) is 55.6 Å². The van der Waals surface area contributed by atoms with Gasteiger partial charge in [-0.05, 0) is 24.5 Å². The molecule has 0 saturated carbocycles. The largest absolute Gasteiger partial charge is 0.396 e. The Morgan fingerprint density at radius 1 is 1.29 bits per heavy atom. The third-order valence-corrected chi connectivity index (χ3v) is 6.78. The first kappa shape index (κ1) is 22.1. The van der Waals surface area contributed by atoms with Crippen molar-refractivity contribution >= 4 is 39.7 Å². The minimum absolute atomic E-state index is 0.125. The molecule has 0 unspecified atom stereocenters. The Hall–Kier alpha value is -3.70. The zero-order valence-electron chi connectivity index (χ0n) is 19.0. The minimum Gasteiger partial charge on any atom is -0.396 e. The molecule has 11 heteroatoms. The molecule has 1 amide bonds. The second-order valence-electron chi connectivity index (χ2n) is 9.28. The summed E-state index contributed by atoms with van der Waals surface area (Å²) in [4.78, 5) is 39.9. The number of aromatic nitrogens is 5. The Kier molecular flexibility index (Phi) is 5.37. The fraction of sp³-hybridized carbons (Fsp3) is 0.304. The summed E-state index contributed by atoms with van der Waals surface area (Å²) in [7, 11) is 0. The molecule has 4 aromatic heterocycles. The van der Waals surface area contributed by atoms with Crippen molar-refractivity contribution in [3.63, 3.8) is 0 Å². The number of thiazole rings is 1. The molecule has 1 saturated heterocycles. The Morgan fingerprint density at radius 3 is 2.82 bits per heavy atom. The first-order valence-corrected chi connectivity index (χ1v) is 11.6. The van der Waals surface area contributed by atoms with Crippen molar-refractivity contribution in [1.82, 2.24) is 30.0 Å². The number of nitrogens with zero attached hydrogens (tertiary/aromatic N) is 5. The smallest absolute Gasteiger partial charge is 0.260 e. The predicted octanol–water partition coefficient (Wildman–Crippen LogP) is 2.67. The van der Waals surface area contributed by atoms with Crippen LogP contribution in [0.3, 0.4) is 0 Å². The summed E-state index contributed by atoms with van der Waals surface area (Å²) < 4.78 is 0. The number of anilines is 2. The average Bonchev–Trinajstić information content (AvgIpc) is 3.22. The lowest BCUT2D eigenvalue weighted by atomic mass is 9.84. The van der Waals surface area contributed by atoms with Crippen LogP contribution in [0.25, 0.3) is 32.0 Å². The van der Waals surface area contributed by atoms with Crippen LogP contribution in [0.2, 0.25) is 0 Å². The predicted molar refractivity (Wildman–Crippen MR) is 132 cm³/mol. The van der Waals surface area contributed by atoms with Gasteiger partial charge in [-0.25, -0.2) is 4.98 Å². The molecular formula is C23H24N8O2S. The van der Waals surface area contributed by atoms with E-state index in [1.807, 2.05) is 13.0 Å². The summed E-state index contributed by atoms with van der Waals surface area (Å²) in [5, 5.41) is 11.3. The maximum absolute atomic E-state index is 12.9. The van der Waals surface area contributed by atoms with Crippen LogP contribution in [0, 0.1) is 12.3 Å². The van der Waals surface area contributed by atoms with Crippen molar-refractivity contribution < 1.29 is 4.79 Å². The molecule has 5 rings (SSSR count). The molecule has 4 aromatic rings. The second-order valence-corrected chi connectivity index (χ2v) is 10.3. The third-order valence-electron chi connectivity index (χ3n) is 5.73. The van der Waals surface area contributed by atoms with Crippen molar-refractivity contribution in [2.45, 2.75) is 20.8 Å². The van der Waals surface area contributed by atoms with E-state index in [0.717, 1.165) is 29.2 Å². The highest BCUT2D eigenvalue weighted by molar-refractivity contribution is 7.18. The fourth-order valence-electron chi connectivity index (χ4n) is 4.34. The molecule has 0 aliphatic carbocycles. The van der Waals surface area contributed by atoms with E-state index in [2.05, 4.69) is 49.2 Å². The summed E-state index contributed by atoms with van der Waals surface area (Å²) >= 11 is 1.35. The number of carbonyl (C=O) groups is 1. The van der Waals surface area contributed by atoms with Gasteiger partial charge in [0.1, 0.15) is 16.1 Å². The Bertz CT molecular complexity index is 1470. The first-order valence-electron chi connectivity index (χ1n) is 10.8. The van der Waals surface area contributed by atoms with Crippen molar-refractivity contribution in [2.24, 2.45) is 5.41 Å². The number of H-pyrrole nitrogens is 1. The molecule has 0 bridgehead atoms. The van der Waals surface area contributed by atoms with Gasteiger partial charge in [-0.1, -0.05) is 13.8 Å². The highest BCUT2D eigenvalue weighted by Gasteiger charge is 2.34. The number of amides is 1. The maximum Gasteiger partial charge on any atom is 0.260 e.